The molecular formula is C16H23N3. The minimum Gasteiger partial charge on any atom is -0.316 e. The molecule has 0 bridgehead atoms. The van der Waals surface area contributed by atoms with Crippen LogP contribution in [0.5, 0.6) is 0 Å². The van der Waals surface area contributed by atoms with Gasteiger partial charge in [-0.2, -0.15) is 5.10 Å². The van der Waals surface area contributed by atoms with Gasteiger partial charge in [-0.05, 0) is 36.9 Å². The second kappa shape index (κ2) is 6.53. The van der Waals surface area contributed by atoms with Gasteiger partial charge >= 0.3 is 0 Å². The van der Waals surface area contributed by atoms with E-state index in [9.17, 15) is 0 Å². The van der Waals surface area contributed by atoms with Crippen LogP contribution in [0.3, 0.4) is 0 Å². The monoisotopic (exact) mass is 257 g/mol. The van der Waals surface area contributed by atoms with Crippen molar-refractivity contribution < 1.29 is 0 Å². The Bertz CT molecular complexity index is 490. The molecule has 1 heterocycles. The predicted octanol–water partition coefficient (Wildman–Crippen LogP) is 2.74. The first-order valence-corrected chi connectivity index (χ1v) is 6.90. The van der Waals surface area contributed by atoms with Crippen molar-refractivity contribution in [2.75, 3.05) is 7.05 Å². The molecule has 2 atom stereocenters. The van der Waals surface area contributed by atoms with E-state index in [1.807, 2.05) is 25.0 Å². The van der Waals surface area contributed by atoms with E-state index in [0.29, 0.717) is 12.0 Å². The van der Waals surface area contributed by atoms with Gasteiger partial charge in [0, 0.05) is 19.3 Å². The van der Waals surface area contributed by atoms with Crippen molar-refractivity contribution in [2.24, 2.45) is 7.05 Å². The van der Waals surface area contributed by atoms with Crippen LogP contribution in [0.15, 0.2) is 42.7 Å². The van der Waals surface area contributed by atoms with Gasteiger partial charge in [-0.3, -0.25) is 4.68 Å². The van der Waals surface area contributed by atoms with Crippen LogP contribution in [0.25, 0.3) is 0 Å². The molecule has 19 heavy (non-hydrogen) atoms. The lowest BCUT2D eigenvalue weighted by molar-refractivity contribution is 0.456. The quantitative estimate of drug-likeness (QED) is 0.862. The van der Waals surface area contributed by atoms with E-state index < -0.39 is 0 Å². The third kappa shape index (κ3) is 3.67. The number of nitrogens with one attached hydrogen (secondary N) is 1. The average Bonchev–Trinajstić information content (AvgIpc) is 2.86. The molecule has 0 spiro atoms. The fourth-order valence-electron chi connectivity index (χ4n) is 2.56. The zero-order valence-electron chi connectivity index (χ0n) is 12.0. The highest BCUT2D eigenvalue weighted by atomic mass is 15.2. The molecule has 102 valence electrons. The lowest BCUT2D eigenvalue weighted by Gasteiger charge is -2.23. The zero-order valence-corrected chi connectivity index (χ0v) is 12.0. The van der Waals surface area contributed by atoms with Gasteiger partial charge in [0.25, 0.3) is 0 Å². The van der Waals surface area contributed by atoms with Crippen LogP contribution in [0.4, 0.5) is 0 Å². The Morgan fingerprint density at radius 1 is 1.26 bits per heavy atom. The molecule has 0 aliphatic carbocycles. The van der Waals surface area contributed by atoms with Crippen molar-refractivity contribution in [1.29, 1.82) is 0 Å². The van der Waals surface area contributed by atoms with Crippen molar-refractivity contribution in [2.45, 2.75) is 31.7 Å². The highest BCUT2D eigenvalue weighted by Gasteiger charge is 2.17. The predicted molar refractivity (Wildman–Crippen MR) is 79.2 cm³/mol. The standard InChI is InChI=1S/C16H23N3/c1-13(15-7-5-4-6-8-15)16(17-2)10-9-14-11-18-19(3)12-14/h4-8,11-13,16-17H,9-10H2,1-3H3. The van der Waals surface area contributed by atoms with E-state index in [0.717, 1.165) is 12.8 Å². The summed E-state index contributed by atoms with van der Waals surface area (Å²) in [5.74, 6) is 0.517. The molecule has 0 fully saturated rings. The molecule has 0 saturated carbocycles. The Morgan fingerprint density at radius 2 is 2.00 bits per heavy atom. The minimum atomic E-state index is 0.489. The van der Waals surface area contributed by atoms with E-state index in [2.05, 4.69) is 53.9 Å². The highest BCUT2D eigenvalue weighted by Crippen LogP contribution is 2.21. The molecule has 0 amide bonds. The Kier molecular flexibility index (Phi) is 4.74. The number of likely N-dealkylation sites (N-methyl/N-ethyl adjacent to an activating group) is 1. The normalized spacial score (nSPS) is 14.3. The lowest BCUT2D eigenvalue weighted by atomic mass is 9.90. The van der Waals surface area contributed by atoms with E-state index in [4.69, 9.17) is 0 Å². The van der Waals surface area contributed by atoms with Gasteiger partial charge in [-0.25, -0.2) is 0 Å². The molecule has 0 aliphatic heterocycles. The molecule has 2 unspecified atom stereocenters. The van der Waals surface area contributed by atoms with Crippen LogP contribution in [0, 0.1) is 0 Å². The van der Waals surface area contributed by atoms with Gasteiger partial charge in [0.05, 0.1) is 6.20 Å². The molecule has 1 N–H and O–H groups in total. The van der Waals surface area contributed by atoms with Crippen molar-refractivity contribution >= 4 is 0 Å². The van der Waals surface area contributed by atoms with Crippen LogP contribution in [-0.2, 0) is 13.5 Å². The summed E-state index contributed by atoms with van der Waals surface area (Å²) in [5, 5.41) is 7.67. The number of aryl methyl sites for hydroxylation is 2. The summed E-state index contributed by atoms with van der Waals surface area (Å²) in [5.41, 5.74) is 2.70. The van der Waals surface area contributed by atoms with Crippen LogP contribution in [0.1, 0.15) is 30.4 Å². The van der Waals surface area contributed by atoms with E-state index in [-0.39, 0.29) is 0 Å². The summed E-state index contributed by atoms with van der Waals surface area (Å²) in [6.45, 7) is 2.29. The topological polar surface area (TPSA) is 29.9 Å². The second-order valence-electron chi connectivity index (χ2n) is 5.16. The van der Waals surface area contributed by atoms with Gasteiger partial charge < -0.3 is 5.32 Å². The Labute approximate surface area is 115 Å². The summed E-state index contributed by atoms with van der Waals surface area (Å²) in [7, 11) is 4.01. The fraction of sp³-hybridized carbons (Fsp3) is 0.438. The lowest BCUT2D eigenvalue weighted by Crippen LogP contribution is -2.31. The maximum atomic E-state index is 4.22. The van der Waals surface area contributed by atoms with Crippen molar-refractivity contribution in [1.82, 2.24) is 15.1 Å². The molecule has 2 rings (SSSR count). The highest BCUT2D eigenvalue weighted by molar-refractivity contribution is 5.20. The first-order chi connectivity index (χ1) is 9.20. The molecule has 1 aromatic carbocycles. The van der Waals surface area contributed by atoms with Gasteiger partial charge in [0.15, 0.2) is 0 Å². The van der Waals surface area contributed by atoms with E-state index >= 15 is 0 Å². The van der Waals surface area contributed by atoms with Crippen molar-refractivity contribution in [3.63, 3.8) is 0 Å². The van der Waals surface area contributed by atoms with Gasteiger partial charge in [0.1, 0.15) is 0 Å². The number of hydrogen-bond donors (Lipinski definition) is 1. The molecule has 0 saturated heterocycles. The first kappa shape index (κ1) is 13.8. The summed E-state index contributed by atoms with van der Waals surface area (Å²) >= 11 is 0. The molecule has 0 radical (unpaired) electrons. The number of nitrogens with zero attached hydrogens (tertiary/aromatic N) is 2. The molecule has 0 aliphatic rings. The third-order valence-electron chi connectivity index (χ3n) is 3.80. The molecule has 1 aromatic heterocycles. The summed E-state index contributed by atoms with van der Waals surface area (Å²) in [6, 6.07) is 11.2. The minimum absolute atomic E-state index is 0.489. The molecular weight excluding hydrogens is 234 g/mol. The summed E-state index contributed by atoms with van der Waals surface area (Å²) in [6.07, 6.45) is 6.24. The van der Waals surface area contributed by atoms with E-state index in [1.54, 1.807) is 0 Å². The number of aromatic nitrogens is 2. The molecule has 2 aromatic rings. The summed E-state index contributed by atoms with van der Waals surface area (Å²) in [4.78, 5) is 0. The average molecular weight is 257 g/mol. The van der Waals surface area contributed by atoms with Crippen molar-refractivity contribution in [3.8, 4) is 0 Å². The van der Waals surface area contributed by atoms with Gasteiger partial charge in [-0.15, -0.1) is 0 Å². The van der Waals surface area contributed by atoms with Crippen LogP contribution in [-0.4, -0.2) is 22.9 Å². The van der Waals surface area contributed by atoms with Gasteiger partial charge in [-0.1, -0.05) is 37.3 Å². The molecule has 3 heteroatoms. The maximum Gasteiger partial charge on any atom is 0.0521 e. The number of hydrogen-bond acceptors (Lipinski definition) is 2. The summed E-state index contributed by atoms with van der Waals surface area (Å²) < 4.78 is 1.87. The van der Waals surface area contributed by atoms with Gasteiger partial charge in [0.2, 0.25) is 0 Å². The van der Waals surface area contributed by atoms with Crippen LogP contribution >= 0.6 is 0 Å². The largest absolute Gasteiger partial charge is 0.316 e. The Balaban J connectivity index is 1.96. The van der Waals surface area contributed by atoms with E-state index in [1.165, 1.54) is 11.1 Å². The SMILES string of the molecule is CNC(CCc1cnn(C)c1)C(C)c1ccccc1. The smallest absolute Gasteiger partial charge is 0.0521 e. The van der Waals surface area contributed by atoms with Crippen molar-refractivity contribution in [3.05, 3.63) is 53.9 Å². The number of rotatable bonds is 6. The maximum absolute atomic E-state index is 4.22. The Morgan fingerprint density at radius 3 is 2.58 bits per heavy atom. The van der Waals surface area contributed by atoms with Crippen LogP contribution in [0.2, 0.25) is 0 Å². The Hall–Kier alpha value is -1.61. The third-order valence-corrected chi connectivity index (χ3v) is 3.80. The van der Waals surface area contributed by atoms with Crippen LogP contribution < -0.4 is 5.32 Å². The zero-order chi connectivity index (χ0) is 13.7. The second-order valence-corrected chi connectivity index (χ2v) is 5.16. The first-order valence-electron chi connectivity index (χ1n) is 6.90. The number of benzene rings is 1. The fourth-order valence-corrected chi connectivity index (χ4v) is 2.56. The molecule has 3 nitrogen and oxygen atoms in total.